The zero-order valence-electron chi connectivity index (χ0n) is 13.3. The van der Waals surface area contributed by atoms with Gasteiger partial charge < -0.3 is 4.90 Å². The first-order valence-electron chi connectivity index (χ1n) is 7.00. The second kappa shape index (κ2) is 8.03. The molecule has 0 saturated carbocycles. The number of nitrogens with zero attached hydrogens (tertiary/aromatic N) is 1. The van der Waals surface area contributed by atoms with Crippen molar-refractivity contribution in [2.24, 2.45) is 0 Å². The number of urea groups is 1. The summed E-state index contributed by atoms with van der Waals surface area (Å²) in [5, 5.41) is 0. The number of thioether (sulfide) groups is 1. The summed E-state index contributed by atoms with van der Waals surface area (Å²) in [7, 11) is 1.68. The molecular formula is C16H19N3O2S2. The van der Waals surface area contributed by atoms with Gasteiger partial charge in [-0.25, -0.2) is 10.2 Å². The lowest BCUT2D eigenvalue weighted by atomic mass is 10.2. The van der Waals surface area contributed by atoms with Gasteiger partial charge in [0.15, 0.2) is 0 Å². The van der Waals surface area contributed by atoms with Gasteiger partial charge in [0.25, 0.3) is 5.91 Å². The Morgan fingerprint density at radius 2 is 1.83 bits per heavy atom. The van der Waals surface area contributed by atoms with Crippen molar-refractivity contribution >= 4 is 35.0 Å². The third-order valence-corrected chi connectivity index (χ3v) is 4.92. The molecule has 0 aliphatic heterocycles. The summed E-state index contributed by atoms with van der Waals surface area (Å²) >= 11 is 3.06. The number of benzene rings is 1. The average Bonchev–Trinajstić information content (AvgIpc) is 2.99. The molecule has 3 amide bonds. The lowest BCUT2D eigenvalue weighted by molar-refractivity contribution is 0.0935. The number of carbonyl (C=O) groups excluding carboxylic acids is 2. The molecule has 5 nitrogen and oxygen atoms in total. The van der Waals surface area contributed by atoms with Crippen LogP contribution in [0.1, 0.15) is 20.1 Å². The van der Waals surface area contributed by atoms with Crippen LogP contribution in [0.15, 0.2) is 41.3 Å². The van der Waals surface area contributed by atoms with Crippen molar-refractivity contribution in [2.75, 3.05) is 13.3 Å². The molecule has 0 spiro atoms. The molecule has 0 atom stereocenters. The molecule has 1 heterocycles. The Hall–Kier alpha value is -1.99. The van der Waals surface area contributed by atoms with Crippen LogP contribution >= 0.6 is 23.1 Å². The van der Waals surface area contributed by atoms with Crippen LogP contribution in [-0.4, -0.2) is 30.1 Å². The Kier molecular flexibility index (Phi) is 6.06. The number of aryl methyl sites for hydroxylation is 1. The summed E-state index contributed by atoms with van der Waals surface area (Å²) < 4.78 is 0. The highest BCUT2D eigenvalue weighted by Gasteiger charge is 2.12. The van der Waals surface area contributed by atoms with Gasteiger partial charge >= 0.3 is 6.03 Å². The molecule has 0 aliphatic carbocycles. The van der Waals surface area contributed by atoms with E-state index in [0.29, 0.717) is 11.4 Å². The van der Waals surface area contributed by atoms with Crippen LogP contribution in [0.5, 0.6) is 0 Å². The molecule has 0 aliphatic rings. The van der Waals surface area contributed by atoms with Gasteiger partial charge in [-0.1, -0.05) is 12.1 Å². The first-order chi connectivity index (χ1) is 11.0. The van der Waals surface area contributed by atoms with E-state index in [4.69, 9.17) is 0 Å². The molecule has 0 saturated heterocycles. The molecule has 2 aromatic rings. The highest BCUT2D eigenvalue weighted by Crippen LogP contribution is 2.16. The van der Waals surface area contributed by atoms with E-state index in [1.807, 2.05) is 43.5 Å². The van der Waals surface area contributed by atoms with E-state index in [2.05, 4.69) is 10.9 Å². The minimum Gasteiger partial charge on any atom is -0.322 e. The first-order valence-corrected chi connectivity index (χ1v) is 9.04. The van der Waals surface area contributed by atoms with Crippen molar-refractivity contribution in [3.05, 3.63) is 51.7 Å². The van der Waals surface area contributed by atoms with Crippen LogP contribution < -0.4 is 10.9 Å². The number of nitrogens with one attached hydrogen (secondary N) is 2. The molecule has 122 valence electrons. The fraction of sp³-hybridized carbons (Fsp3) is 0.250. The third-order valence-electron chi connectivity index (χ3n) is 3.17. The van der Waals surface area contributed by atoms with Gasteiger partial charge in [-0.2, -0.15) is 0 Å². The standard InChI is InChI=1S/C16H19N3O2S2/c1-11-4-9-14(23-11)15(20)17-18-16(21)19(2)10-12-5-7-13(22-3)8-6-12/h4-9H,10H2,1-3H3,(H,17,20)(H,18,21). The Bertz CT molecular complexity index is 683. The van der Waals surface area contributed by atoms with Gasteiger partial charge in [-0.15, -0.1) is 23.1 Å². The van der Waals surface area contributed by atoms with Crippen molar-refractivity contribution in [1.82, 2.24) is 15.8 Å². The molecule has 2 rings (SSSR count). The summed E-state index contributed by atoms with van der Waals surface area (Å²) in [5.41, 5.74) is 5.88. The van der Waals surface area contributed by atoms with E-state index in [9.17, 15) is 9.59 Å². The van der Waals surface area contributed by atoms with Crippen LogP contribution in [0.25, 0.3) is 0 Å². The number of hydrogen-bond donors (Lipinski definition) is 2. The minimum atomic E-state index is -0.361. The van der Waals surface area contributed by atoms with Crippen molar-refractivity contribution in [3.63, 3.8) is 0 Å². The van der Waals surface area contributed by atoms with E-state index in [0.717, 1.165) is 10.4 Å². The Morgan fingerprint density at radius 1 is 1.13 bits per heavy atom. The van der Waals surface area contributed by atoms with Crippen LogP contribution in [0.3, 0.4) is 0 Å². The monoisotopic (exact) mass is 349 g/mol. The second-order valence-corrected chi connectivity index (χ2v) is 7.17. The maximum atomic E-state index is 12.0. The topological polar surface area (TPSA) is 61.4 Å². The largest absolute Gasteiger partial charge is 0.336 e. The second-order valence-electron chi connectivity index (χ2n) is 5.00. The maximum Gasteiger partial charge on any atom is 0.336 e. The molecule has 1 aromatic heterocycles. The molecule has 2 N–H and O–H groups in total. The zero-order valence-corrected chi connectivity index (χ0v) is 14.9. The molecule has 1 aromatic carbocycles. The van der Waals surface area contributed by atoms with Crippen molar-refractivity contribution in [1.29, 1.82) is 0 Å². The lowest BCUT2D eigenvalue weighted by Gasteiger charge is -2.18. The fourth-order valence-electron chi connectivity index (χ4n) is 1.90. The van der Waals surface area contributed by atoms with Gasteiger partial charge in [0, 0.05) is 23.4 Å². The minimum absolute atomic E-state index is 0.311. The van der Waals surface area contributed by atoms with Crippen molar-refractivity contribution in [3.8, 4) is 0 Å². The zero-order chi connectivity index (χ0) is 16.8. The maximum absolute atomic E-state index is 12.0. The normalized spacial score (nSPS) is 10.2. The number of hydrogen-bond acceptors (Lipinski definition) is 4. The Labute approximate surface area is 144 Å². The molecule has 23 heavy (non-hydrogen) atoms. The third kappa shape index (κ3) is 5.01. The van der Waals surface area contributed by atoms with E-state index in [1.165, 1.54) is 21.1 Å². The predicted octanol–water partition coefficient (Wildman–Crippen LogP) is 3.26. The smallest absolute Gasteiger partial charge is 0.322 e. The van der Waals surface area contributed by atoms with Gasteiger partial charge in [-0.05, 0) is 43.0 Å². The van der Waals surface area contributed by atoms with Crippen LogP contribution in [0.2, 0.25) is 0 Å². The number of rotatable bonds is 4. The lowest BCUT2D eigenvalue weighted by Crippen LogP contribution is -2.47. The summed E-state index contributed by atoms with van der Waals surface area (Å²) in [4.78, 5) is 28.2. The Morgan fingerprint density at radius 3 is 2.39 bits per heavy atom. The number of thiophene rings is 1. The van der Waals surface area contributed by atoms with E-state index < -0.39 is 0 Å². The van der Waals surface area contributed by atoms with Gasteiger partial charge in [-0.3, -0.25) is 10.2 Å². The van der Waals surface area contributed by atoms with Crippen molar-refractivity contribution in [2.45, 2.75) is 18.4 Å². The summed E-state index contributed by atoms with van der Waals surface area (Å²) in [5.74, 6) is -0.311. The predicted molar refractivity (Wildman–Crippen MR) is 94.7 cm³/mol. The van der Waals surface area contributed by atoms with Gasteiger partial charge in [0.05, 0.1) is 4.88 Å². The molecule has 0 unspecified atom stereocenters. The molecule has 0 bridgehead atoms. The number of amides is 3. The van der Waals surface area contributed by atoms with Gasteiger partial charge in [0.1, 0.15) is 0 Å². The first kappa shape index (κ1) is 17.4. The van der Waals surface area contributed by atoms with E-state index in [-0.39, 0.29) is 11.9 Å². The van der Waals surface area contributed by atoms with Crippen LogP contribution in [-0.2, 0) is 6.54 Å². The quantitative estimate of drug-likeness (QED) is 0.658. The molecule has 0 radical (unpaired) electrons. The summed E-state index contributed by atoms with van der Waals surface area (Å²) in [6.07, 6.45) is 2.02. The average molecular weight is 349 g/mol. The number of hydrazine groups is 1. The number of carbonyl (C=O) groups is 2. The van der Waals surface area contributed by atoms with E-state index in [1.54, 1.807) is 24.9 Å². The summed E-state index contributed by atoms with van der Waals surface area (Å²) in [6, 6.07) is 11.3. The Balaban J connectivity index is 1.83. The highest BCUT2D eigenvalue weighted by atomic mass is 32.2. The molecule has 7 heteroatoms. The molecular weight excluding hydrogens is 330 g/mol. The fourth-order valence-corrected chi connectivity index (χ4v) is 3.07. The van der Waals surface area contributed by atoms with Crippen LogP contribution in [0.4, 0.5) is 4.79 Å². The molecule has 0 fully saturated rings. The van der Waals surface area contributed by atoms with Crippen molar-refractivity contribution < 1.29 is 9.59 Å². The van der Waals surface area contributed by atoms with Crippen LogP contribution in [0, 0.1) is 6.92 Å². The van der Waals surface area contributed by atoms with E-state index >= 15 is 0 Å². The van der Waals surface area contributed by atoms with Gasteiger partial charge in [0.2, 0.25) is 0 Å². The highest BCUT2D eigenvalue weighted by molar-refractivity contribution is 7.98. The summed E-state index contributed by atoms with van der Waals surface area (Å²) in [6.45, 7) is 2.39. The SMILES string of the molecule is CSc1ccc(CN(C)C(=O)NNC(=O)c2ccc(C)s2)cc1.